The van der Waals surface area contributed by atoms with Crippen molar-refractivity contribution in [2.45, 2.75) is 234 Å². The molecular formula is C38H122O17Si19. The van der Waals surface area contributed by atoms with Crippen LogP contribution in [0.3, 0.4) is 0 Å². The quantitative estimate of drug-likeness (QED) is 0.0452. The van der Waals surface area contributed by atoms with E-state index in [0.29, 0.717) is 0 Å². The Morgan fingerprint density at radius 1 is 0.405 bits per heavy atom. The molecule has 0 aliphatic carbocycles. The second-order valence-electron chi connectivity index (χ2n) is 21.7. The Bertz CT molecular complexity index is 1270. The summed E-state index contributed by atoms with van der Waals surface area (Å²) in [4.78, 5) is 0. The maximum Gasteiger partial charge on any atom is 0.312 e. The fourth-order valence-corrected chi connectivity index (χ4v) is 54.5. The third-order valence-corrected chi connectivity index (χ3v) is 57.6. The largest absolute Gasteiger partial charge is 0.458 e. The molecule has 0 amide bonds. The van der Waals surface area contributed by atoms with E-state index in [2.05, 4.69) is 164 Å². The summed E-state index contributed by atoms with van der Waals surface area (Å²) >= 11 is 0. The molecule has 36 heteroatoms. The van der Waals surface area contributed by atoms with E-state index in [1.807, 2.05) is 33.1 Å². The van der Waals surface area contributed by atoms with Crippen LogP contribution in [0.2, 0.25) is 201 Å². The van der Waals surface area contributed by atoms with Crippen molar-refractivity contribution in [1.82, 2.24) is 0 Å². The van der Waals surface area contributed by atoms with Gasteiger partial charge in [0.15, 0.2) is 79.9 Å². The van der Waals surface area contributed by atoms with Crippen LogP contribution in [-0.2, 0) is 71.9 Å². The molecule has 0 aromatic heterocycles. The lowest BCUT2D eigenvalue weighted by Gasteiger charge is -2.29. The lowest BCUT2D eigenvalue weighted by atomic mass is 10.4. The minimum absolute atomic E-state index is 0.356. The van der Waals surface area contributed by atoms with Crippen molar-refractivity contribution in [3.63, 3.8) is 0 Å². The topological polar surface area (TPSA) is 165 Å². The van der Waals surface area contributed by atoms with Gasteiger partial charge < -0.3 is 71.9 Å². The summed E-state index contributed by atoms with van der Waals surface area (Å²) in [6.07, 6.45) is 2.48. The first-order valence-electron chi connectivity index (χ1n) is 27.5. The van der Waals surface area contributed by atoms with Crippen molar-refractivity contribution in [2.24, 2.45) is 0 Å². The first-order valence-corrected chi connectivity index (χ1v) is 74.5. The highest BCUT2D eigenvalue weighted by Crippen LogP contribution is 2.17. The van der Waals surface area contributed by atoms with Gasteiger partial charge in [0.1, 0.15) is 0 Å². The monoisotopic (exact) mass is 1380 g/mol. The Kier molecular flexibility index (Phi) is 57.8. The van der Waals surface area contributed by atoms with Crippen LogP contribution in [0, 0.1) is 0 Å². The summed E-state index contributed by atoms with van der Waals surface area (Å²) in [7, 11) is -21.9. The molecule has 17 nitrogen and oxygen atoms in total. The first-order chi connectivity index (χ1) is 33.6. The average Bonchev–Trinajstić information content (AvgIpc) is 3.17. The van der Waals surface area contributed by atoms with Crippen molar-refractivity contribution in [3.05, 3.63) is 0 Å². The number of hydrogen-bond acceptors (Lipinski definition) is 17. The van der Waals surface area contributed by atoms with E-state index in [1.165, 1.54) is 18.9 Å². The molecule has 0 saturated heterocycles. The Balaban J connectivity index is -0.000000273. The maximum atomic E-state index is 11.3. The molecule has 74 heavy (non-hydrogen) atoms. The predicted octanol–water partition coefficient (Wildman–Crippen LogP) is 7.32. The van der Waals surface area contributed by atoms with Gasteiger partial charge in [0, 0.05) is 19.9 Å². The van der Waals surface area contributed by atoms with Crippen LogP contribution in [0.5, 0.6) is 0 Å². The van der Waals surface area contributed by atoms with Gasteiger partial charge in [0.05, 0.1) is 0 Å². The maximum absolute atomic E-state index is 11.3. The van der Waals surface area contributed by atoms with E-state index in [0.717, 1.165) is 11.7 Å². The van der Waals surface area contributed by atoms with Gasteiger partial charge in [0.2, 0.25) is 6.48 Å². The normalized spacial score (nSPS) is 16.0. The molecule has 9 atom stereocenters. The fourth-order valence-electron chi connectivity index (χ4n) is 6.39. The summed E-state index contributed by atoms with van der Waals surface area (Å²) in [5, 5.41) is 0. The van der Waals surface area contributed by atoms with Crippen LogP contribution in [0.15, 0.2) is 0 Å². The summed E-state index contributed by atoms with van der Waals surface area (Å²) in [6.45, 7) is 63.7. The van der Waals surface area contributed by atoms with Gasteiger partial charge in [-0.25, -0.2) is 0 Å². The molecule has 0 fully saturated rings. The number of rotatable bonds is 36. The molecule has 0 rings (SSSR count). The summed E-state index contributed by atoms with van der Waals surface area (Å²) in [5.74, 6) is 0. The van der Waals surface area contributed by atoms with Crippen LogP contribution < -0.4 is 0 Å². The predicted molar refractivity (Wildman–Crippen MR) is 363 cm³/mol. The zero-order chi connectivity index (χ0) is 59.2. The molecule has 0 aromatic carbocycles. The molecule has 0 aliphatic heterocycles. The Hall–Kier alpha value is 3.28. The van der Waals surface area contributed by atoms with E-state index in [9.17, 15) is 4.46 Å². The highest BCUT2D eigenvalue weighted by Gasteiger charge is 2.30. The van der Waals surface area contributed by atoms with Crippen molar-refractivity contribution in [2.75, 3.05) is 14.2 Å². The second kappa shape index (κ2) is 49.7. The van der Waals surface area contributed by atoms with Gasteiger partial charge in [-0.2, -0.15) is 0 Å². The minimum atomic E-state index is -1.88. The van der Waals surface area contributed by atoms with Crippen molar-refractivity contribution >= 4 is 171 Å². The second-order valence-corrected chi connectivity index (χ2v) is 72.6. The van der Waals surface area contributed by atoms with Gasteiger partial charge in [0.25, 0.3) is 64.4 Å². The molecular weight excluding hydrogens is 1260 g/mol. The Labute approximate surface area is 487 Å². The van der Waals surface area contributed by atoms with Crippen LogP contribution in [0.1, 0.15) is 26.7 Å². The first kappa shape index (κ1) is 86.1. The fraction of sp³-hybridized carbons (Fsp3) is 1.00. The van der Waals surface area contributed by atoms with Crippen LogP contribution in [0.4, 0.5) is 0 Å². The highest BCUT2D eigenvalue weighted by atomic mass is 28.5. The van der Waals surface area contributed by atoms with E-state index < -0.39 is 171 Å². The summed E-state index contributed by atoms with van der Waals surface area (Å²) in [5.41, 5.74) is 0.894. The molecule has 0 spiro atoms. The van der Waals surface area contributed by atoms with Crippen LogP contribution >= 0.6 is 0 Å². The lowest BCUT2D eigenvalue weighted by Crippen LogP contribution is -2.44. The van der Waals surface area contributed by atoms with Gasteiger partial charge >= 0.3 is 27.1 Å². The Morgan fingerprint density at radius 3 is 1.05 bits per heavy atom. The number of unbranched alkanes of at least 4 members (excludes halogenated alkanes) is 1. The Morgan fingerprint density at radius 2 is 0.743 bits per heavy atom. The molecule has 0 bridgehead atoms. The third-order valence-electron chi connectivity index (χ3n) is 8.71. The third kappa shape index (κ3) is 67.8. The molecule has 0 aliphatic rings. The molecule has 0 N–H and O–H groups in total. The zero-order valence-corrected chi connectivity index (χ0v) is 75.0. The number of hydrogen-bond donors (Lipinski definition) is 0. The van der Waals surface area contributed by atoms with Gasteiger partial charge in [-0.1, -0.05) is 26.7 Å². The van der Waals surface area contributed by atoms with E-state index >= 15 is 0 Å². The minimum Gasteiger partial charge on any atom is -0.458 e. The molecule has 0 saturated carbocycles. The van der Waals surface area contributed by atoms with Gasteiger partial charge in [-0.15, -0.1) is 0 Å². The van der Waals surface area contributed by atoms with Crippen LogP contribution in [-0.4, -0.2) is 192 Å². The summed E-state index contributed by atoms with van der Waals surface area (Å²) in [6, 6.07) is 2.06. The van der Waals surface area contributed by atoms with Crippen molar-refractivity contribution < 1.29 is 71.9 Å². The van der Waals surface area contributed by atoms with E-state index in [4.69, 9.17) is 67.4 Å². The molecule has 452 valence electrons. The zero-order valence-electron chi connectivity index (χ0n) is 53.7. The molecule has 0 heterocycles. The van der Waals surface area contributed by atoms with Gasteiger partial charge in [-0.05, 0) is 195 Å². The average molecular weight is 1390 g/mol. The van der Waals surface area contributed by atoms with Gasteiger partial charge in [-0.3, -0.25) is 0 Å². The highest BCUT2D eigenvalue weighted by molar-refractivity contribution is 6.80. The van der Waals surface area contributed by atoms with Crippen molar-refractivity contribution in [1.29, 1.82) is 0 Å². The SMILES string of the molecule is CCCC[Si](C)(C)O[SiH](C)O[SiH](C)O[SiH](C)O[SiH](C)OC.CC[Si](=O)C[SiH](C)O[Si](C)(C)C.CO[SiH](C)O[SiH](C)O[SiH](C)O[SiH](C)C.C[SiH](C)OC(O[SiH](C)C)O[SiH](C)C.C[SiH](C)O[SiH](C)O[Si](C)(C)O[SiH](C)C. The van der Waals surface area contributed by atoms with Crippen LogP contribution in [0.25, 0.3) is 0 Å². The molecule has 0 radical (unpaired) electrons. The van der Waals surface area contributed by atoms with E-state index in [1.54, 1.807) is 14.2 Å². The summed E-state index contributed by atoms with van der Waals surface area (Å²) < 4.78 is 103. The van der Waals surface area contributed by atoms with Crippen molar-refractivity contribution in [3.8, 4) is 0 Å². The lowest BCUT2D eigenvalue weighted by molar-refractivity contribution is -0.147. The van der Waals surface area contributed by atoms with E-state index in [-0.39, 0.29) is 6.48 Å². The molecule has 9 unspecified atom stereocenters. The molecule has 0 aromatic rings. The smallest absolute Gasteiger partial charge is 0.312 e. The standard InChI is InChI=1S/C11H34O5Si5.C7H24O3Si4.C7H22O3Si3.C7H20O2Si3.C6H22O4Si4/c1-9-10-11-21(7,8)16-20(6)15-19(5)14-18(4)13-17(3)12-2;1-11(2)8-13(5)10-14(6,7)9-12(3)4;1-11(2)8-7(9-12(3)4)10-13(5)6;1-6-11(8)7-10(2)9-12(3,4)5;1-7-12(4)9-14(6)10-13(5)8-11(2)3/h17-20H,9-11H2,1-8H3;11-13H,1-7H3;7,11-13H,1-6H3;10H,6-7H2,1-5H3;11-14H,1-6H3.